The highest BCUT2D eigenvalue weighted by atomic mass is 32.1. The molecule has 1 aliphatic heterocycles. The number of primary amides is 1. The van der Waals surface area contributed by atoms with E-state index in [0.29, 0.717) is 22.5 Å². The third-order valence-corrected chi connectivity index (χ3v) is 6.34. The smallest absolute Gasteiger partial charge is 0.256 e. The van der Waals surface area contributed by atoms with Crippen LogP contribution in [0.2, 0.25) is 0 Å². The Bertz CT molecular complexity index is 948. The summed E-state index contributed by atoms with van der Waals surface area (Å²) >= 11 is 1.46. The monoisotopic (exact) mass is 383 g/mol. The summed E-state index contributed by atoms with van der Waals surface area (Å²) < 4.78 is 0. The molecule has 2 heterocycles. The van der Waals surface area contributed by atoms with Crippen molar-refractivity contribution in [3.05, 3.63) is 45.3 Å². The summed E-state index contributed by atoms with van der Waals surface area (Å²) in [5, 5.41) is 6.30. The Labute approximate surface area is 161 Å². The molecule has 0 fully saturated rings. The maximum Gasteiger partial charge on any atom is 0.256 e. The number of hydrogen-bond acceptors (Lipinski definition) is 4. The predicted octanol–water partition coefficient (Wildman–Crippen LogP) is 3.25. The Kier molecular flexibility index (Phi) is 4.70. The number of nitrogens with one attached hydrogen (secondary N) is 2. The number of carbonyl (C=O) groups excluding carboxylic acids is 3. The van der Waals surface area contributed by atoms with Crippen LogP contribution in [0.5, 0.6) is 0 Å². The molecule has 0 bridgehead atoms. The fourth-order valence-corrected chi connectivity index (χ4v) is 5.10. The van der Waals surface area contributed by atoms with E-state index in [0.717, 1.165) is 60.2 Å². The highest BCUT2D eigenvalue weighted by molar-refractivity contribution is 7.17. The van der Waals surface area contributed by atoms with Crippen LogP contribution in [-0.4, -0.2) is 17.7 Å². The quantitative estimate of drug-likeness (QED) is 0.758. The van der Waals surface area contributed by atoms with E-state index in [1.165, 1.54) is 11.3 Å². The van der Waals surface area contributed by atoms with Gasteiger partial charge in [0, 0.05) is 22.5 Å². The van der Waals surface area contributed by atoms with Crippen molar-refractivity contribution in [2.24, 2.45) is 5.73 Å². The molecule has 6 nitrogen and oxygen atoms in total. The lowest BCUT2D eigenvalue weighted by Crippen LogP contribution is -2.18. The molecule has 0 saturated carbocycles. The molecule has 1 aliphatic carbocycles. The zero-order valence-electron chi connectivity index (χ0n) is 14.9. The second-order valence-corrected chi connectivity index (χ2v) is 8.11. The number of amides is 3. The first kappa shape index (κ1) is 17.7. The lowest BCUT2D eigenvalue weighted by Gasteiger charge is -2.11. The van der Waals surface area contributed by atoms with Crippen LogP contribution in [0.15, 0.2) is 18.2 Å². The van der Waals surface area contributed by atoms with Gasteiger partial charge in [-0.05, 0) is 67.9 Å². The Hall–Kier alpha value is -2.67. The molecule has 140 valence electrons. The average molecular weight is 383 g/mol. The molecule has 3 amide bonds. The average Bonchev–Trinajstić information content (AvgIpc) is 2.89. The fourth-order valence-electron chi connectivity index (χ4n) is 3.81. The highest BCUT2D eigenvalue weighted by Gasteiger charge is 2.25. The van der Waals surface area contributed by atoms with Crippen LogP contribution >= 0.6 is 11.3 Å². The molecule has 0 unspecified atom stereocenters. The number of benzene rings is 1. The number of hydrogen-bond donors (Lipinski definition) is 3. The predicted molar refractivity (Wildman–Crippen MR) is 105 cm³/mol. The minimum atomic E-state index is -0.491. The van der Waals surface area contributed by atoms with Gasteiger partial charge in [-0.2, -0.15) is 0 Å². The van der Waals surface area contributed by atoms with Gasteiger partial charge in [-0.25, -0.2) is 0 Å². The van der Waals surface area contributed by atoms with Crippen molar-refractivity contribution in [1.82, 2.24) is 0 Å². The van der Waals surface area contributed by atoms with Gasteiger partial charge >= 0.3 is 0 Å². The first-order valence-corrected chi connectivity index (χ1v) is 10.0. The van der Waals surface area contributed by atoms with E-state index in [9.17, 15) is 14.4 Å². The van der Waals surface area contributed by atoms with E-state index in [1.807, 2.05) is 6.07 Å². The van der Waals surface area contributed by atoms with Crippen molar-refractivity contribution in [2.45, 2.75) is 44.9 Å². The van der Waals surface area contributed by atoms with Crippen LogP contribution in [-0.2, 0) is 24.1 Å². The summed E-state index contributed by atoms with van der Waals surface area (Å²) in [6, 6.07) is 5.27. The maximum absolute atomic E-state index is 12.8. The van der Waals surface area contributed by atoms with Crippen molar-refractivity contribution >= 4 is 39.7 Å². The molecule has 7 heteroatoms. The van der Waals surface area contributed by atoms with Crippen molar-refractivity contribution < 1.29 is 14.4 Å². The van der Waals surface area contributed by atoms with E-state index in [1.54, 1.807) is 12.1 Å². The van der Waals surface area contributed by atoms with E-state index in [-0.39, 0.29) is 11.8 Å². The van der Waals surface area contributed by atoms with Crippen LogP contribution in [0.25, 0.3) is 0 Å². The number of anilines is 2. The van der Waals surface area contributed by atoms with Crippen molar-refractivity contribution in [2.75, 3.05) is 10.6 Å². The highest BCUT2D eigenvalue weighted by Crippen LogP contribution is 2.38. The van der Waals surface area contributed by atoms with E-state index in [4.69, 9.17) is 5.73 Å². The van der Waals surface area contributed by atoms with E-state index in [2.05, 4.69) is 10.6 Å². The Balaban J connectivity index is 1.62. The number of aryl methyl sites for hydroxylation is 2. The molecule has 2 aliphatic rings. The Morgan fingerprint density at radius 2 is 1.89 bits per heavy atom. The molecular weight excluding hydrogens is 362 g/mol. The van der Waals surface area contributed by atoms with E-state index < -0.39 is 5.91 Å². The standard InChI is InChI=1S/C20H21N3O3S/c21-18(25)17-13-5-1-2-6-15(13)27-20(17)23-19(26)12-8-9-14-11(10-12)4-3-7-16(24)22-14/h8-10H,1-7H2,(H2,21,25)(H,22,24)(H,23,26). The summed E-state index contributed by atoms with van der Waals surface area (Å²) in [6.07, 6.45) is 5.87. The summed E-state index contributed by atoms with van der Waals surface area (Å²) in [5.74, 6) is -0.759. The second-order valence-electron chi connectivity index (χ2n) is 7.01. The van der Waals surface area contributed by atoms with Gasteiger partial charge in [0.1, 0.15) is 5.00 Å². The first-order valence-electron chi connectivity index (χ1n) is 9.21. The molecule has 1 aromatic heterocycles. The van der Waals surface area contributed by atoms with Gasteiger partial charge in [0.15, 0.2) is 0 Å². The number of nitrogens with two attached hydrogens (primary N) is 1. The minimum absolute atomic E-state index is 0.00113. The number of thiophene rings is 1. The van der Waals surface area contributed by atoms with Gasteiger partial charge in [-0.1, -0.05) is 0 Å². The molecule has 0 spiro atoms. The van der Waals surface area contributed by atoms with Crippen LogP contribution in [0, 0.1) is 0 Å². The van der Waals surface area contributed by atoms with Gasteiger partial charge in [-0.3, -0.25) is 14.4 Å². The van der Waals surface area contributed by atoms with Gasteiger partial charge in [0.25, 0.3) is 11.8 Å². The maximum atomic E-state index is 12.8. The van der Waals surface area contributed by atoms with E-state index >= 15 is 0 Å². The van der Waals surface area contributed by atoms with Crippen molar-refractivity contribution in [3.63, 3.8) is 0 Å². The van der Waals surface area contributed by atoms with Crippen molar-refractivity contribution in [3.8, 4) is 0 Å². The van der Waals surface area contributed by atoms with Crippen molar-refractivity contribution in [1.29, 1.82) is 0 Å². The van der Waals surface area contributed by atoms with Crippen LogP contribution in [0.4, 0.5) is 10.7 Å². The lowest BCUT2D eigenvalue weighted by molar-refractivity contribution is -0.116. The number of carbonyl (C=O) groups is 3. The molecule has 27 heavy (non-hydrogen) atoms. The molecule has 4 N–H and O–H groups in total. The third-order valence-electron chi connectivity index (χ3n) is 5.14. The largest absolute Gasteiger partial charge is 0.365 e. The fraction of sp³-hybridized carbons (Fsp3) is 0.350. The molecule has 0 saturated heterocycles. The van der Waals surface area contributed by atoms with Gasteiger partial charge in [0.2, 0.25) is 5.91 Å². The summed E-state index contributed by atoms with van der Waals surface area (Å²) in [7, 11) is 0. The van der Waals surface area contributed by atoms with Gasteiger partial charge in [0.05, 0.1) is 5.56 Å². The van der Waals surface area contributed by atoms with Crippen LogP contribution in [0.1, 0.15) is 62.4 Å². The Morgan fingerprint density at radius 1 is 1.07 bits per heavy atom. The Morgan fingerprint density at radius 3 is 2.70 bits per heavy atom. The van der Waals surface area contributed by atoms with Crippen LogP contribution < -0.4 is 16.4 Å². The summed E-state index contributed by atoms with van der Waals surface area (Å²) in [6.45, 7) is 0. The molecule has 0 atom stereocenters. The third kappa shape index (κ3) is 3.47. The molecule has 1 aromatic carbocycles. The zero-order chi connectivity index (χ0) is 19.0. The molecule has 0 radical (unpaired) electrons. The first-order chi connectivity index (χ1) is 13.0. The SMILES string of the molecule is NC(=O)c1c(NC(=O)c2ccc3c(c2)CCCC(=O)N3)sc2c1CCCC2. The topological polar surface area (TPSA) is 101 Å². The summed E-state index contributed by atoms with van der Waals surface area (Å²) in [5.41, 5.74) is 9.28. The second kappa shape index (κ2) is 7.15. The molecule has 2 aromatic rings. The zero-order valence-corrected chi connectivity index (χ0v) is 15.7. The van der Waals surface area contributed by atoms with Gasteiger partial charge < -0.3 is 16.4 Å². The normalized spacial score (nSPS) is 15.9. The van der Waals surface area contributed by atoms with Crippen LogP contribution in [0.3, 0.4) is 0 Å². The molecular formula is C20H21N3O3S. The number of fused-ring (bicyclic) bond motifs is 2. The lowest BCUT2D eigenvalue weighted by atomic mass is 9.95. The number of rotatable bonds is 3. The van der Waals surface area contributed by atoms with Gasteiger partial charge in [-0.15, -0.1) is 11.3 Å². The minimum Gasteiger partial charge on any atom is -0.365 e. The molecule has 4 rings (SSSR count). The summed E-state index contributed by atoms with van der Waals surface area (Å²) in [4.78, 5) is 37.6.